The molecular weight excluding hydrogens is 337 g/mol. The Balaban J connectivity index is 1.81. The number of carbonyl (C=O) groups is 1. The van der Waals surface area contributed by atoms with Crippen LogP contribution in [0, 0.1) is 0 Å². The summed E-state index contributed by atoms with van der Waals surface area (Å²) in [5.74, 6) is 0.363. The fourth-order valence-corrected chi connectivity index (χ4v) is 2.15. The molecule has 0 fully saturated rings. The van der Waals surface area contributed by atoms with Crippen molar-refractivity contribution in [1.29, 1.82) is 0 Å². The normalized spacial score (nSPS) is 11.3. The van der Waals surface area contributed by atoms with Crippen molar-refractivity contribution in [2.24, 2.45) is 0 Å². The van der Waals surface area contributed by atoms with Crippen molar-refractivity contribution < 1.29 is 23.1 Å². The van der Waals surface area contributed by atoms with Crippen molar-refractivity contribution in [2.45, 2.75) is 6.18 Å². The molecule has 0 aliphatic rings. The highest BCUT2D eigenvalue weighted by atomic mass is 19.4. The van der Waals surface area contributed by atoms with E-state index in [9.17, 15) is 18.0 Å². The van der Waals surface area contributed by atoms with Gasteiger partial charge < -0.3 is 5.11 Å². The van der Waals surface area contributed by atoms with Crippen LogP contribution in [0.15, 0.2) is 54.9 Å². The average Bonchev–Trinajstić information content (AvgIpc) is 3.04. The molecule has 1 heterocycles. The molecule has 0 saturated carbocycles. The van der Waals surface area contributed by atoms with Crippen molar-refractivity contribution in [3.8, 4) is 17.1 Å². The predicted octanol–water partition coefficient (Wildman–Crippen LogP) is 4.04. The van der Waals surface area contributed by atoms with Gasteiger partial charge in [-0.25, -0.2) is 14.5 Å². The van der Waals surface area contributed by atoms with E-state index in [-0.39, 0.29) is 0 Å². The number of benzene rings is 2. The Morgan fingerprint density at radius 1 is 1.04 bits per heavy atom. The van der Waals surface area contributed by atoms with Crippen LogP contribution in [0.4, 0.5) is 23.7 Å². The lowest BCUT2D eigenvalue weighted by molar-refractivity contribution is -0.137. The molecular formula is C16H11F3N4O2. The van der Waals surface area contributed by atoms with Gasteiger partial charge in [-0.2, -0.15) is 13.2 Å². The van der Waals surface area contributed by atoms with E-state index in [1.54, 1.807) is 24.3 Å². The first-order valence-electron chi connectivity index (χ1n) is 7.02. The lowest BCUT2D eigenvalue weighted by Crippen LogP contribution is -2.06. The largest absolute Gasteiger partial charge is 0.465 e. The molecule has 3 rings (SSSR count). The van der Waals surface area contributed by atoms with E-state index in [0.29, 0.717) is 22.8 Å². The first-order valence-corrected chi connectivity index (χ1v) is 7.02. The van der Waals surface area contributed by atoms with Gasteiger partial charge in [0, 0.05) is 11.3 Å². The van der Waals surface area contributed by atoms with E-state index in [1.165, 1.54) is 23.1 Å². The number of anilines is 1. The summed E-state index contributed by atoms with van der Waals surface area (Å²) in [5.41, 5.74) is 0.744. The summed E-state index contributed by atoms with van der Waals surface area (Å²) in [6.45, 7) is 0. The summed E-state index contributed by atoms with van der Waals surface area (Å²) in [6, 6.07) is 11.0. The first-order chi connectivity index (χ1) is 11.8. The zero-order valence-electron chi connectivity index (χ0n) is 12.5. The summed E-state index contributed by atoms with van der Waals surface area (Å²) < 4.78 is 39.1. The van der Waals surface area contributed by atoms with Gasteiger partial charge in [-0.1, -0.05) is 0 Å². The number of alkyl halides is 3. The number of carboxylic acid groups (broad SMARTS) is 1. The van der Waals surface area contributed by atoms with Gasteiger partial charge in [-0.05, 0) is 48.5 Å². The maximum absolute atomic E-state index is 12.6. The van der Waals surface area contributed by atoms with Crippen LogP contribution in [0.5, 0.6) is 0 Å². The lowest BCUT2D eigenvalue weighted by atomic mass is 10.2. The third-order valence-electron chi connectivity index (χ3n) is 3.35. The molecule has 2 N–H and O–H groups in total. The van der Waals surface area contributed by atoms with Gasteiger partial charge in [0.15, 0.2) is 5.82 Å². The Bertz CT molecular complexity index is 887. The SMILES string of the molecule is O=C(O)Nc1ccc(-c2ncn(-c3ccc(C(F)(F)F)cc3)n2)cc1. The van der Waals surface area contributed by atoms with Gasteiger partial charge in [0.25, 0.3) is 0 Å². The molecule has 6 nitrogen and oxygen atoms in total. The second-order valence-corrected chi connectivity index (χ2v) is 5.06. The summed E-state index contributed by atoms with van der Waals surface area (Å²) in [6.07, 6.45) is -4.17. The molecule has 3 aromatic rings. The zero-order chi connectivity index (χ0) is 18.0. The number of aromatic nitrogens is 3. The lowest BCUT2D eigenvalue weighted by Gasteiger charge is -2.07. The van der Waals surface area contributed by atoms with Crippen LogP contribution in [0.25, 0.3) is 17.1 Å². The van der Waals surface area contributed by atoms with Crippen LogP contribution in [-0.4, -0.2) is 26.0 Å². The Hall–Kier alpha value is -3.36. The van der Waals surface area contributed by atoms with Gasteiger partial charge in [0.1, 0.15) is 6.33 Å². The second kappa shape index (κ2) is 6.27. The molecule has 0 saturated heterocycles. The fourth-order valence-electron chi connectivity index (χ4n) is 2.15. The zero-order valence-corrected chi connectivity index (χ0v) is 12.5. The Morgan fingerprint density at radius 2 is 1.68 bits per heavy atom. The van der Waals surface area contributed by atoms with E-state index in [1.807, 2.05) is 0 Å². The van der Waals surface area contributed by atoms with Crippen molar-refractivity contribution >= 4 is 11.8 Å². The minimum atomic E-state index is -4.39. The molecule has 25 heavy (non-hydrogen) atoms. The van der Waals surface area contributed by atoms with Crippen LogP contribution in [0.2, 0.25) is 0 Å². The number of nitrogens with zero attached hydrogens (tertiary/aromatic N) is 3. The van der Waals surface area contributed by atoms with Crippen LogP contribution in [0.3, 0.4) is 0 Å². The number of amides is 1. The summed E-state index contributed by atoms with van der Waals surface area (Å²) in [5, 5.41) is 15.1. The van der Waals surface area contributed by atoms with Gasteiger partial charge in [-0.3, -0.25) is 5.32 Å². The van der Waals surface area contributed by atoms with Gasteiger partial charge in [0.2, 0.25) is 0 Å². The molecule has 0 unspecified atom stereocenters. The molecule has 9 heteroatoms. The van der Waals surface area contributed by atoms with Crippen molar-refractivity contribution in [3.63, 3.8) is 0 Å². The van der Waals surface area contributed by atoms with E-state index < -0.39 is 17.8 Å². The van der Waals surface area contributed by atoms with Crippen LogP contribution in [0.1, 0.15) is 5.56 Å². The monoisotopic (exact) mass is 348 g/mol. The molecule has 0 atom stereocenters. The number of hydrogen-bond acceptors (Lipinski definition) is 3. The minimum Gasteiger partial charge on any atom is -0.465 e. The minimum absolute atomic E-state index is 0.363. The highest BCUT2D eigenvalue weighted by molar-refractivity contribution is 5.83. The number of hydrogen-bond donors (Lipinski definition) is 2. The summed E-state index contributed by atoms with van der Waals surface area (Å²) >= 11 is 0. The molecule has 0 bridgehead atoms. The van der Waals surface area contributed by atoms with E-state index >= 15 is 0 Å². The quantitative estimate of drug-likeness (QED) is 0.748. The molecule has 0 aliphatic heterocycles. The predicted molar refractivity (Wildman–Crippen MR) is 83.4 cm³/mol. The maximum Gasteiger partial charge on any atom is 0.416 e. The standard InChI is InChI=1S/C16H11F3N4O2/c17-16(18,19)11-3-7-13(8-4-11)23-9-20-14(22-23)10-1-5-12(6-2-10)21-15(24)25/h1-9,21H,(H,24,25). The van der Waals surface area contributed by atoms with E-state index in [4.69, 9.17) is 5.11 Å². The molecule has 0 radical (unpaired) electrons. The maximum atomic E-state index is 12.6. The van der Waals surface area contributed by atoms with Crippen LogP contribution >= 0.6 is 0 Å². The Kier molecular flexibility index (Phi) is 4.14. The molecule has 1 amide bonds. The highest BCUT2D eigenvalue weighted by Crippen LogP contribution is 2.29. The molecule has 1 aromatic heterocycles. The second-order valence-electron chi connectivity index (χ2n) is 5.06. The first kappa shape index (κ1) is 16.5. The molecule has 128 valence electrons. The van der Waals surface area contributed by atoms with Crippen molar-refractivity contribution in [2.75, 3.05) is 5.32 Å². The third-order valence-corrected chi connectivity index (χ3v) is 3.35. The Labute approximate surface area is 139 Å². The van der Waals surface area contributed by atoms with Crippen LogP contribution < -0.4 is 5.32 Å². The van der Waals surface area contributed by atoms with Crippen molar-refractivity contribution in [3.05, 3.63) is 60.4 Å². The Morgan fingerprint density at radius 3 is 2.24 bits per heavy atom. The summed E-state index contributed by atoms with van der Waals surface area (Å²) in [7, 11) is 0. The summed E-state index contributed by atoms with van der Waals surface area (Å²) in [4.78, 5) is 14.7. The van der Waals surface area contributed by atoms with Gasteiger partial charge in [0.05, 0.1) is 11.3 Å². The van der Waals surface area contributed by atoms with E-state index in [2.05, 4.69) is 15.4 Å². The fraction of sp³-hybridized carbons (Fsp3) is 0.0625. The van der Waals surface area contributed by atoms with Crippen molar-refractivity contribution in [1.82, 2.24) is 14.8 Å². The van der Waals surface area contributed by atoms with E-state index in [0.717, 1.165) is 12.1 Å². The molecule has 2 aromatic carbocycles. The van der Waals surface area contributed by atoms with Gasteiger partial charge >= 0.3 is 12.3 Å². The van der Waals surface area contributed by atoms with Crippen LogP contribution in [-0.2, 0) is 6.18 Å². The molecule has 0 aliphatic carbocycles. The molecule has 0 spiro atoms. The third kappa shape index (κ3) is 3.77. The number of rotatable bonds is 3. The average molecular weight is 348 g/mol. The number of nitrogens with one attached hydrogen (secondary N) is 1. The number of halogens is 3. The highest BCUT2D eigenvalue weighted by Gasteiger charge is 2.30. The topological polar surface area (TPSA) is 80.0 Å². The smallest absolute Gasteiger partial charge is 0.416 e. The van der Waals surface area contributed by atoms with Gasteiger partial charge in [-0.15, -0.1) is 5.10 Å².